The van der Waals surface area contributed by atoms with Crippen LogP contribution in [0.3, 0.4) is 0 Å². The molecule has 0 aromatic heterocycles. The largest absolute Gasteiger partial charge is 0.271 e. The van der Waals surface area contributed by atoms with Gasteiger partial charge >= 0.3 is 0 Å². The van der Waals surface area contributed by atoms with Gasteiger partial charge in [-0.1, -0.05) is 18.6 Å². The fraction of sp³-hybridized carbons (Fsp3) is 0.714. The summed E-state index contributed by atoms with van der Waals surface area (Å²) in [6, 6.07) is 0. The molecule has 54 valence electrons. The molecule has 10 heavy (non-hydrogen) atoms. The monoisotopic (exact) mass is 154 g/mol. The highest BCUT2D eigenvalue weighted by atomic mass is 32.1. The van der Waals surface area contributed by atoms with Gasteiger partial charge in [-0.25, -0.2) is 0 Å². The molecule has 2 aliphatic rings. The fourth-order valence-corrected chi connectivity index (χ4v) is 1.92. The molecule has 1 atom stereocenters. The lowest BCUT2D eigenvalue weighted by Crippen LogP contribution is -2.23. The van der Waals surface area contributed by atoms with Crippen LogP contribution in [-0.4, -0.2) is 10.7 Å². The lowest BCUT2D eigenvalue weighted by Gasteiger charge is -2.16. The van der Waals surface area contributed by atoms with E-state index in [1.807, 2.05) is 0 Å². The third-order valence-electron chi connectivity index (χ3n) is 2.20. The van der Waals surface area contributed by atoms with Gasteiger partial charge in [0.2, 0.25) is 0 Å². The third-order valence-corrected chi connectivity index (χ3v) is 2.58. The van der Waals surface area contributed by atoms with Crippen molar-refractivity contribution in [2.45, 2.75) is 25.7 Å². The molecule has 1 aliphatic heterocycles. The second-order valence-electron chi connectivity index (χ2n) is 2.88. The minimum atomic E-state index is 0.503. The topological polar surface area (TPSA) is 24.4 Å². The van der Waals surface area contributed by atoms with E-state index in [9.17, 15) is 0 Å². The standard InChI is InChI=1S/C7H10N2S/c10-7-5-3-1-2-4-6(5)8-9-7/h5H,1-4H2,(H,9,10). The molecule has 1 N–H and O–H groups in total. The van der Waals surface area contributed by atoms with Crippen LogP contribution in [0.1, 0.15) is 25.7 Å². The summed E-state index contributed by atoms with van der Waals surface area (Å²) in [5, 5.41) is 4.16. The molecular weight excluding hydrogens is 144 g/mol. The number of nitrogens with zero attached hydrogens (tertiary/aromatic N) is 1. The van der Waals surface area contributed by atoms with Gasteiger partial charge in [0, 0.05) is 5.71 Å². The Morgan fingerprint density at radius 3 is 3.20 bits per heavy atom. The Balaban J connectivity index is 2.18. The van der Waals surface area contributed by atoms with Crippen LogP contribution in [0, 0.1) is 5.92 Å². The van der Waals surface area contributed by atoms with Crippen LogP contribution in [0.15, 0.2) is 5.10 Å². The number of hydrazone groups is 1. The summed E-state index contributed by atoms with van der Waals surface area (Å²) in [5.74, 6) is 0.503. The predicted octanol–water partition coefficient (Wildman–Crippen LogP) is 1.46. The lowest BCUT2D eigenvalue weighted by molar-refractivity contribution is 0.622. The van der Waals surface area contributed by atoms with Crippen molar-refractivity contribution in [1.29, 1.82) is 0 Å². The molecule has 3 heteroatoms. The SMILES string of the molecule is S=C1NN=C2CCCCC12. The van der Waals surface area contributed by atoms with Gasteiger partial charge in [0.15, 0.2) is 0 Å². The highest BCUT2D eigenvalue weighted by molar-refractivity contribution is 7.80. The zero-order valence-electron chi connectivity index (χ0n) is 5.76. The summed E-state index contributed by atoms with van der Waals surface area (Å²) in [5.41, 5.74) is 4.17. The molecule has 0 amide bonds. The number of nitrogens with one attached hydrogen (secondary N) is 1. The van der Waals surface area contributed by atoms with Crippen molar-refractivity contribution in [3.05, 3.63) is 0 Å². The molecule has 0 aromatic rings. The van der Waals surface area contributed by atoms with Crippen molar-refractivity contribution in [2.24, 2.45) is 11.0 Å². The first kappa shape index (κ1) is 6.28. The fourth-order valence-electron chi connectivity index (χ4n) is 1.62. The van der Waals surface area contributed by atoms with Gasteiger partial charge in [0.1, 0.15) is 4.99 Å². The Morgan fingerprint density at radius 2 is 2.40 bits per heavy atom. The normalized spacial score (nSPS) is 31.0. The Hall–Kier alpha value is -0.440. The van der Waals surface area contributed by atoms with Gasteiger partial charge < -0.3 is 0 Å². The quantitative estimate of drug-likeness (QED) is 0.534. The Morgan fingerprint density at radius 1 is 1.50 bits per heavy atom. The third kappa shape index (κ3) is 0.850. The lowest BCUT2D eigenvalue weighted by atomic mass is 9.88. The smallest absolute Gasteiger partial charge is 0.105 e. The molecular formula is C7H10N2S. The van der Waals surface area contributed by atoms with Gasteiger partial charge in [-0.05, 0) is 19.3 Å². The van der Waals surface area contributed by atoms with Crippen LogP contribution in [0.5, 0.6) is 0 Å². The van der Waals surface area contributed by atoms with Crippen molar-refractivity contribution in [3.63, 3.8) is 0 Å². The summed E-state index contributed by atoms with van der Waals surface area (Å²) in [6.45, 7) is 0. The second-order valence-corrected chi connectivity index (χ2v) is 3.32. The van der Waals surface area contributed by atoms with Crippen LogP contribution in [-0.2, 0) is 0 Å². The van der Waals surface area contributed by atoms with Crippen LogP contribution >= 0.6 is 12.2 Å². The molecule has 0 bridgehead atoms. The number of thiocarbonyl (C=S) groups is 1. The van der Waals surface area contributed by atoms with E-state index in [-0.39, 0.29) is 0 Å². The van der Waals surface area contributed by atoms with Gasteiger partial charge in [-0.3, -0.25) is 5.43 Å². The first-order valence-corrected chi connectivity index (χ1v) is 4.15. The number of hydrogen-bond acceptors (Lipinski definition) is 2. The van der Waals surface area contributed by atoms with Crippen LogP contribution in [0.2, 0.25) is 0 Å². The zero-order chi connectivity index (χ0) is 6.97. The number of rotatable bonds is 0. The van der Waals surface area contributed by atoms with Crippen LogP contribution in [0.4, 0.5) is 0 Å². The molecule has 1 saturated carbocycles. The van der Waals surface area contributed by atoms with Gasteiger partial charge in [-0.2, -0.15) is 5.10 Å². The summed E-state index contributed by atoms with van der Waals surface area (Å²) >= 11 is 5.09. The van der Waals surface area contributed by atoms with Crippen molar-refractivity contribution in [1.82, 2.24) is 5.43 Å². The predicted molar refractivity (Wildman–Crippen MR) is 45.1 cm³/mol. The van der Waals surface area contributed by atoms with E-state index in [4.69, 9.17) is 12.2 Å². The van der Waals surface area contributed by atoms with E-state index in [1.165, 1.54) is 25.0 Å². The number of hydrogen-bond donors (Lipinski definition) is 1. The molecule has 0 radical (unpaired) electrons. The molecule has 0 aromatic carbocycles. The van der Waals surface area contributed by atoms with E-state index in [1.54, 1.807) is 0 Å². The molecule has 0 saturated heterocycles. The minimum Gasteiger partial charge on any atom is -0.271 e. The summed E-state index contributed by atoms with van der Waals surface area (Å²) < 4.78 is 0. The van der Waals surface area contributed by atoms with E-state index >= 15 is 0 Å². The Bertz CT molecular complexity index is 198. The van der Waals surface area contributed by atoms with Crippen molar-refractivity contribution in [3.8, 4) is 0 Å². The molecule has 0 spiro atoms. The molecule has 1 fully saturated rings. The van der Waals surface area contributed by atoms with Crippen molar-refractivity contribution in [2.75, 3.05) is 0 Å². The van der Waals surface area contributed by atoms with E-state index in [0.717, 1.165) is 11.4 Å². The summed E-state index contributed by atoms with van der Waals surface area (Å²) in [6.07, 6.45) is 4.97. The second kappa shape index (κ2) is 2.31. The molecule has 1 aliphatic carbocycles. The van der Waals surface area contributed by atoms with Gasteiger partial charge in [0.05, 0.1) is 5.92 Å². The van der Waals surface area contributed by atoms with Crippen molar-refractivity contribution >= 4 is 22.9 Å². The maximum atomic E-state index is 5.09. The average molecular weight is 154 g/mol. The van der Waals surface area contributed by atoms with E-state index in [0.29, 0.717) is 5.92 Å². The summed E-state index contributed by atoms with van der Waals surface area (Å²) in [4.78, 5) is 0.940. The van der Waals surface area contributed by atoms with E-state index < -0.39 is 0 Å². The van der Waals surface area contributed by atoms with Gasteiger partial charge in [0.25, 0.3) is 0 Å². The average Bonchev–Trinajstić information content (AvgIpc) is 2.34. The van der Waals surface area contributed by atoms with Crippen LogP contribution in [0.25, 0.3) is 0 Å². The van der Waals surface area contributed by atoms with Crippen LogP contribution < -0.4 is 5.43 Å². The Kier molecular flexibility index (Phi) is 1.45. The Labute approximate surface area is 65.7 Å². The minimum absolute atomic E-state index is 0.503. The molecule has 1 heterocycles. The van der Waals surface area contributed by atoms with Crippen molar-refractivity contribution < 1.29 is 0 Å². The molecule has 1 unspecified atom stereocenters. The van der Waals surface area contributed by atoms with E-state index in [2.05, 4.69) is 10.5 Å². The highest BCUT2D eigenvalue weighted by Crippen LogP contribution is 2.25. The molecule has 2 nitrogen and oxygen atoms in total. The maximum absolute atomic E-state index is 5.09. The maximum Gasteiger partial charge on any atom is 0.105 e. The van der Waals surface area contributed by atoms with Gasteiger partial charge in [-0.15, -0.1) is 0 Å². The molecule has 2 rings (SSSR count). The summed E-state index contributed by atoms with van der Waals surface area (Å²) in [7, 11) is 0. The first-order chi connectivity index (χ1) is 4.88. The number of fused-ring (bicyclic) bond motifs is 1. The highest BCUT2D eigenvalue weighted by Gasteiger charge is 2.28. The zero-order valence-corrected chi connectivity index (χ0v) is 6.58. The first-order valence-electron chi connectivity index (χ1n) is 3.74.